The van der Waals surface area contributed by atoms with Crippen LogP contribution in [0.2, 0.25) is 0 Å². The number of aliphatic hydroxyl groups excluding tert-OH is 1. The fourth-order valence-corrected chi connectivity index (χ4v) is 0.552. The van der Waals surface area contributed by atoms with Crippen molar-refractivity contribution in [1.82, 2.24) is 0 Å². The Morgan fingerprint density at radius 2 is 1.78 bits per heavy atom. The molecule has 0 saturated heterocycles. The number of rotatable bonds is 4. The fraction of sp³-hybridized carbons (Fsp3) is 0.500. The van der Waals surface area contributed by atoms with E-state index in [1.807, 2.05) is 19.1 Å². The second-order valence-electron chi connectivity index (χ2n) is 1.80. The van der Waals surface area contributed by atoms with Crippen LogP contribution in [0.1, 0.15) is 19.8 Å². The molecule has 0 aromatic rings. The van der Waals surface area contributed by atoms with Gasteiger partial charge in [0.1, 0.15) is 0 Å². The first kappa shape index (κ1) is 8.44. The van der Waals surface area contributed by atoms with Gasteiger partial charge in [-0.15, -0.1) is 0 Å². The van der Waals surface area contributed by atoms with Gasteiger partial charge in [0.25, 0.3) is 0 Å². The number of hydrogen-bond acceptors (Lipinski definition) is 1. The van der Waals surface area contributed by atoms with Crippen molar-refractivity contribution < 1.29 is 5.11 Å². The van der Waals surface area contributed by atoms with Crippen LogP contribution in [-0.4, -0.2) is 11.7 Å². The maximum Gasteiger partial charge on any atom is 0.0612 e. The lowest BCUT2D eigenvalue weighted by molar-refractivity contribution is 0.342. The van der Waals surface area contributed by atoms with Gasteiger partial charge in [-0.2, -0.15) is 0 Å². The second kappa shape index (κ2) is 7.44. The average Bonchev–Trinajstić information content (AvgIpc) is 1.89. The first-order valence-corrected chi connectivity index (χ1v) is 3.28. The van der Waals surface area contributed by atoms with Crippen molar-refractivity contribution >= 4 is 0 Å². The van der Waals surface area contributed by atoms with Gasteiger partial charge in [0.2, 0.25) is 0 Å². The van der Waals surface area contributed by atoms with Crippen molar-refractivity contribution in [3.63, 3.8) is 0 Å². The van der Waals surface area contributed by atoms with E-state index in [2.05, 4.69) is 6.08 Å². The summed E-state index contributed by atoms with van der Waals surface area (Å²) in [6.45, 7) is 2.17. The normalized spacial score (nSPS) is 11.8. The van der Waals surface area contributed by atoms with Crippen LogP contribution in [0, 0.1) is 0 Å². The van der Waals surface area contributed by atoms with E-state index >= 15 is 0 Å². The molecule has 0 bridgehead atoms. The Bertz CT molecular complexity index is 92.7. The Morgan fingerprint density at radius 1 is 1.11 bits per heavy atom. The molecule has 0 fully saturated rings. The van der Waals surface area contributed by atoms with Crippen LogP contribution in [0.5, 0.6) is 0 Å². The van der Waals surface area contributed by atoms with E-state index < -0.39 is 0 Å². The van der Waals surface area contributed by atoms with Gasteiger partial charge >= 0.3 is 0 Å². The first-order valence-electron chi connectivity index (χ1n) is 3.28. The molecule has 1 N–H and O–H groups in total. The smallest absolute Gasteiger partial charge is 0.0612 e. The molecule has 0 aliphatic carbocycles. The Labute approximate surface area is 56.7 Å². The van der Waals surface area contributed by atoms with Gasteiger partial charge in [-0.3, -0.25) is 0 Å². The molecule has 0 rings (SSSR count). The van der Waals surface area contributed by atoms with Crippen LogP contribution in [0.4, 0.5) is 0 Å². The molecule has 0 aromatic heterocycles. The molecule has 1 nitrogen and oxygen atoms in total. The average molecular weight is 126 g/mol. The molecule has 0 aromatic carbocycles. The highest BCUT2D eigenvalue weighted by Gasteiger charge is 1.72. The molecule has 0 aliphatic heterocycles. The van der Waals surface area contributed by atoms with Crippen molar-refractivity contribution in [2.45, 2.75) is 19.8 Å². The lowest BCUT2D eigenvalue weighted by Gasteiger charge is -1.83. The molecular weight excluding hydrogens is 112 g/mol. The summed E-state index contributed by atoms with van der Waals surface area (Å²) in [4.78, 5) is 0. The highest BCUT2D eigenvalue weighted by molar-refractivity contribution is 4.85. The third kappa shape index (κ3) is 7.44. The molecule has 0 amide bonds. The van der Waals surface area contributed by atoms with E-state index in [1.165, 1.54) is 0 Å². The first-order chi connectivity index (χ1) is 4.41. The largest absolute Gasteiger partial charge is 0.392 e. The number of aliphatic hydroxyl groups is 1. The molecule has 0 aliphatic rings. The van der Waals surface area contributed by atoms with Crippen LogP contribution in [0.15, 0.2) is 24.3 Å². The minimum atomic E-state index is 0.163. The SMILES string of the molecule is C/C=C/CC/C=C/CO. The second-order valence-corrected chi connectivity index (χ2v) is 1.80. The van der Waals surface area contributed by atoms with E-state index in [1.54, 1.807) is 6.08 Å². The van der Waals surface area contributed by atoms with Crippen LogP contribution < -0.4 is 0 Å². The predicted octanol–water partition coefficient (Wildman–Crippen LogP) is 1.89. The lowest BCUT2D eigenvalue weighted by atomic mass is 10.3. The highest BCUT2D eigenvalue weighted by atomic mass is 16.2. The van der Waals surface area contributed by atoms with E-state index in [-0.39, 0.29) is 6.61 Å². The van der Waals surface area contributed by atoms with Crippen molar-refractivity contribution in [1.29, 1.82) is 0 Å². The molecule has 0 saturated carbocycles. The van der Waals surface area contributed by atoms with Crippen molar-refractivity contribution in [2.75, 3.05) is 6.61 Å². The topological polar surface area (TPSA) is 20.2 Å². The summed E-state index contributed by atoms with van der Waals surface area (Å²) in [6.07, 6.45) is 10.0. The number of allylic oxidation sites excluding steroid dienone is 3. The van der Waals surface area contributed by atoms with Gasteiger partial charge < -0.3 is 5.11 Å². The summed E-state index contributed by atoms with van der Waals surface area (Å²) < 4.78 is 0. The van der Waals surface area contributed by atoms with E-state index in [0.29, 0.717) is 0 Å². The summed E-state index contributed by atoms with van der Waals surface area (Å²) in [5.41, 5.74) is 0. The lowest BCUT2D eigenvalue weighted by Crippen LogP contribution is -1.70. The molecule has 0 unspecified atom stereocenters. The molecule has 1 heteroatoms. The third-order valence-corrected chi connectivity index (χ3v) is 1.01. The molecule has 9 heavy (non-hydrogen) atoms. The van der Waals surface area contributed by atoms with E-state index in [0.717, 1.165) is 12.8 Å². The Kier molecular flexibility index (Phi) is 6.98. The van der Waals surface area contributed by atoms with E-state index in [9.17, 15) is 0 Å². The van der Waals surface area contributed by atoms with Crippen LogP contribution >= 0.6 is 0 Å². The minimum absolute atomic E-state index is 0.163. The van der Waals surface area contributed by atoms with Gasteiger partial charge in [0, 0.05) is 0 Å². The summed E-state index contributed by atoms with van der Waals surface area (Å²) in [6, 6.07) is 0. The standard InChI is InChI=1S/C8H14O/c1-2-3-4-5-6-7-8-9/h2-3,6-7,9H,4-5,8H2,1H3/b3-2+,7-6+. The maximum absolute atomic E-state index is 8.32. The molecule has 0 heterocycles. The number of unbranched alkanes of at least 4 members (excludes halogenated alkanes) is 1. The zero-order chi connectivity index (χ0) is 6.95. The van der Waals surface area contributed by atoms with Crippen molar-refractivity contribution in [3.8, 4) is 0 Å². The van der Waals surface area contributed by atoms with Crippen LogP contribution in [0.3, 0.4) is 0 Å². The molecule has 0 radical (unpaired) electrons. The molecular formula is C8H14O. The fourth-order valence-electron chi connectivity index (χ4n) is 0.552. The summed E-state index contributed by atoms with van der Waals surface area (Å²) in [5, 5.41) is 8.32. The van der Waals surface area contributed by atoms with Crippen LogP contribution in [0.25, 0.3) is 0 Å². The van der Waals surface area contributed by atoms with E-state index in [4.69, 9.17) is 5.11 Å². The van der Waals surface area contributed by atoms with Crippen molar-refractivity contribution in [3.05, 3.63) is 24.3 Å². The molecule has 0 spiro atoms. The summed E-state index contributed by atoms with van der Waals surface area (Å²) in [5.74, 6) is 0. The quantitative estimate of drug-likeness (QED) is 0.450. The minimum Gasteiger partial charge on any atom is -0.392 e. The Balaban J connectivity index is 2.99. The molecule has 0 atom stereocenters. The molecule has 52 valence electrons. The van der Waals surface area contributed by atoms with Crippen molar-refractivity contribution in [2.24, 2.45) is 0 Å². The Morgan fingerprint density at radius 3 is 2.33 bits per heavy atom. The zero-order valence-corrected chi connectivity index (χ0v) is 5.88. The third-order valence-electron chi connectivity index (χ3n) is 1.01. The highest BCUT2D eigenvalue weighted by Crippen LogP contribution is 1.91. The Hall–Kier alpha value is -0.560. The summed E-state index contributed by atoms with van der Waals surface area (Å²) in [7, 11) is 0. The predicted molar refractivity (Wildman–Crippen MR) is 40.3 cm³/mol. The monoisotopic (exact) mass is 126 g/mol. The van der Waals surface area contributed by atoms with Gasteiger partial charge in [-0.25, -0.2) is 0 Å². The zero-order valence-electron chi connectivity index (χ0n) is 5.88. The number of hydrogen-bond donors (Lipinski definition) is 1. The van der Waals surface area contributed by atoms with Crippen LogP contribution in [-0.2, 0) is 0 Å². The van der Waals surface area contributed by atoms with Gasteiger partial charge in [0.05, 0.1) is 6.61 Å². The maximum atomic E-state index is 8.32. The van der Waals surface area contributed by atoms with Gasteiger partial charge in [0.15, 0.2) is 0 Å². The van der Waals surface area contributed by atoms with Gasteiger partial charge in [-0.05, 0) is 19.8 Å². The summed E-state index contributed by atoms with van der Waals surface area (Å²) >= 11 is 0. The van der Waals surface area contributed by atoms with Gasteiger partial charge in [-0.1, -0.05) is 24.3 Å².